The second kappa shape index (κ2) is 7.58. The van der Waals surface area contributed by atoms with Crippen LogP contribution in [0.2, 0.25) is 0 Å². The molecule has 2 N–H and O–H groups in total. The van der Waals surface area contributed by atoms with Gasteiger partial charge in [-0.3, -0.25) is 4.72 Å². The maximum Gasteiger partial charge on any atom is 0.263 e. The van der Waals surface area contributed by atoms with Crippen LogP contribution >= 0.6 is 0 Å². The third-order valence-electron chi connectivity index (χ3n) is 3.67. The molecule has 0 radical (unpaired) electrons. The minimum Gasteiger partial charge on any atom is -0.497 e. The van der Waals surface area contributed by atoms with Crippen molar-refractivity contribution in [3.63, 3.8) is 0 Å². The van der Waals surface area contributed by atoms with Crippen molar-refractivity contribution >= 4 is 27.3 Å². The molecule has 3 aromatic rings. The van der Waals surface area contributed by atoms with Crippen LogP contribution in [0.3, 0.4) is 0 Å². The molecule has 0 aliphatic carbocycles. The van der Waals surface area contributed by atoms with Gasteiger partial charge in [0.2, 0.25) is 0 Å². The number of aromatic nitrogens is 2. The number of halogens is 1. The second-order valence-corrected chi connectivity index (χ2v) is 7.33. The van der Waals surface area contributed by atoms with E-state index < -0.39 is 15.8 Å². The Balaban J connectivity index is 1.75. The maximum absolute atomic E-state index is 13.2. The summed E-state index contributed by atoms with van der Waals surface area (Å²) in [7, 11) is -2.33. The van der Waals surface area contributed by atoms with Crippen LogP contribution in [0.25, 0.3) is 0 Å². The molecular formula is C18H17FN4O3S. The highest BCUT2D eigenvalue weighted by atomic mass is 32.2. The van der Waals surface area contributed by atoms with Crippen LogP contribution < -0.4 is 14.8 Å². The Morgan fingerprint density at radius 1 is 1.00 bits per heavy atom. The molecule has 140 valence electrons. The monoisotopic (exact) mass is 388 g/mol. The van der Waals surface area contributed by atoms with E-state index in [-0.39, 0.29) is 10.7 Å². The Hall–Kier alpha value is -3.20. The van der Waals surface area contributed by atoms with E-state index >= 15 is 0 Å². The Kier molecular flexibility index (Phi) is 5.22. The molecule has 0 amide bonds. The van der Waals surface area contributed by atoms with E-state index in [1.165, 1.54) is 19.1 Å². The van der Waals surface area contributed by atoms with Crippen molar-refractivity contribution < 1.29 is 17.5 Å². The minimum absolute atomic E-state index is 0.0238. The quantitative estimate of drug-likeness (QED) is 0.672. The molecule has 0 bridgehead atoms. The predicted molar refractivity (Wildman–Crippen MR) is 100 cm³/mol. The molecular weight excluding hydrogens is 371 g/mol. The molecule has 3 rings (SSSR count). The molecule has 7 nitrogen and oxygen atoms in total. The first-order valence-electron chi connectivity index (χ1n) is 7.91. The molecule has 0 spiro atoms. The van der Waals surface area contributed by atoms with Gasteiger partial charge in [0.1, 0.15) is 11.6 Å². The summed E-state index contributed by atoms with van der Waals surface area (Å²) < 4.78 is 45.6. The minimum atomic E-state index is -3.90. The lowest BCUT2D eigenvalue weighted by molar-refractivity contribution is 0.415. The molecule has 0 saturated heterocycles. The standard InChI is InChI=1S/C18H17FN4O3S/c1-12-10-13(19)6-7-16(12)27(24,25)23-18-9-8-17(21-22-18)20-14-4-3-5-15(11-14)26-2/h3-11H,1-2H3,(H,20,21)(H,22,23). The molecule has 27 heavy (non-hydrogen) atoms. The van der Waals surface area contributed by atoms with Crippen molar-refractivity contribution in [2.45, 2.75) is 11.8 Å². The number of rotatable bonds is 6. The fraction of sp³-hybridized carbons (Fsp3) is 0.111. The molecule has 0 fully saturated rings. The summed E-state index contributed by atoms with van der Waals surface area (Å²) in [4.78, 5) is -0.0238. The first kappa shape index (κ1) is 18.6. The highest BCUT2D eigenvalue weighted by Crippen LogP contribution is 2.22. The van der Waals surface area contributed by atoms with Gasteiger partial charge in [-0.25, -0.2) is 12.8 Å². The molecule has 1 aromatic heterocycles. The zero-order chi connectivity index (χ0) is 19.4. The van der Waals surface area contributed by atoms with Crippen LogP contribution in [0.15, 0.2) is 59.5 Å². The molecule has 0 atom stereocenters. The second-order valence-electron chi connectivity index (χ2n) is 5.68. The molecule has 0 unspecified atom stereocenters. The number of benzene rings is 2. The number of nitrogens with zero attached hydrogens (tertiary/aromatic N) is 2. The van der Waals surface area contributed by atoms with Crippen LogP contribution in [0.1, 0.15) is 5.56 Å². The summed E-state index contributed by atoms with van der Waals surface area (Å²) >= 11 is 0. The largest absolute Gasteiger partial charge is 0.497 e. The maximum atomic E-state index is 13.2. The lowest BCUT2D eigenvalue weighted by Crippen LogP contribution is -2.15. The Labute approximate surface area is 156 Å². The Bertz CT molecular complexity index is 1060. The summed E-state index contributed by atoms with van der Waals surface area (Å²) in [6.07, 6.45) is 0. The van der Waals surface area contributed by atoms with Crippen molar-refractivity contribution in [2.75, 3.05) is 17.1 Å². The topological polar surface area (TPSA) is 93.2 Å². The third-order valence-corrected chi connectivity index (χ3v) is 5.19. The van der Waals surface area contributed by atoms with Crippen molar-refractivity contribution in [2.24, 2.45) is 0 Å². The summed E-state index contributed by atoms with van der Waals surface area (Å²) in [6, 6.07) is 13.8. The van der Waals surface area contributed by atoms with Crippen molar-refractivity contribution in [3.05, 3.63) is 66.0 Å². The summed E-state index contributed by atoms with van der Waals surface area (Å²) in [6.45, 7) is 1.52. The van der Waals surface area contributed by atoms with Gasteiger partial charge in [-0.1, -0.05) is 6.07 Å². The number of hydrogen-bond donors (Lipinski definition) is 2. The lowest BCUT2D eigenvalue weighted by atomic mass is 10.2. The lowest BCUT2D eigenvalue weighted by Gasteiger charge is -2.10. The Morgan fingerprint density at radius 2 is 1.74 bits per heavy atom. The van der Waals surface area contributed by atoms with E-state index in [4.69, 9.17) is 4.74 Å². The fourth-order valence-electron chi connectivity index (χ4n) is 2.41. The van der Waals surface area contributed by atoms with Crippen molar-refractivity contribution in [1.82, 2.24) is 10.2 Å². The van der Waals surface area contributed by atoms with E-state index in [0.29, 0.717) is 17.1 Å². The number of hydrogen-bond acceptors (Lipinski definition) is 6. The Morgan fingerprint density at radius 3 is 2.41 bits per heavy atom. The van der Waals surface area contributed by atoms with Crippen LogP contribution in [0.4, 0.5) is 21.7 Å². The first-order chi connectivity index (χ1) is 12.9. The number of sulfonamides is 1. The van der Waals surface area contributed by atoms with Crippen molar-refractivity contribution in [1.29, 1.82) is 0 Å². The molecule has 2 aromatic carbocycles. The molecule has 0 aliphatic heterocycles. The van der Waals surface area contributed by atoms with Crippen LogP contribution in [0, 0.1) is 12.7 Å². The number of nitrogens with one attached hydrogen (secondary N) is 2. The summed E-state index contributed by atoms with van der Waals surface area (Å²) in [5.74, 6) is 0.672. The smallest absolute Gasteiger partial charge is 0.263 e. The molecule has 0 aliphatic rings. The van der Waals surface area contributed by atoms with Gasteiger partial charge in [0.15, 0.2) is 11.6 Å². The molecule has 9 heteroatoms. The summed E-state index contributed by atoms with van der Waals surface area (Å²) in [5, 5.41) is 10.9. The van der Waals surface area contributed by atoms with Gasteiger partial charge >= 0.3 is 0 Å². The number of methoxy groups -OCH3 is 1. The van der Waals surface area contributed by atoms with E-state index in [1.807, 2.05) is 18.2 Å². The predicted octanol–water partition coefficient (Wildman–Crippen LogP) is 3.48. The van der Waals surface area contributed by atoms with Crippen LogP contribution in [0.5, 0.6) is 5.75 Å². The van der Waals surface area contributed by atoms with Gasteiger partial charge in [0, 0.05) is 11.8 Å². The van der Waals surface area contributed by atoms with E-state index in [9.17, 15) is 12.8 Å². The van der Waals surface area contributed by atoms with E-state index in [2.05, 4.69) is 20.2 Å². The zero-order valence-corrected chi connectivity index (χ0v) is 15.4. The number of anilines is 3. The molecule has 1 heterocycles. The highest BCUT2D eigenvalue weighted by Gasteiger charge is 2.18. The van der Waals surface area contributed by atoms with Gasteiger partial charge in [-0.05, 0) is 55.0 Å². The average Bonchev–Trinajstić information content (AvgIpc) is 2.63. The first-order valence-corrected chi connectivity index (χ1v) is 9.39. The van der Waals surface area contributed by atoms with Crippen molar-refractivity contribution in [3.8, 4) is 5.75 Å². The highest BCUT2D eigenvalue weighted by molar-refractivity contribution is 7.92. The zero-order valence-electron chi connectivity index (χ0n) is 14.6. The van der Waals surface area contributed by atoms with Gasteiger partial charge in [0.25, 0.3) is 10.0 Å². The van der Waals surface area contributed by atoms with E-state index in [1.54, 1.807) is 19.2 Å². The number of ether oxygens (including phenoxy) is 1. The van der Waals surface area contributed by atoms with E-state index in [0.717, 1.165) is 17.8 Å². The third kappa shape index (κ3) is 4.50. The van der Waals surface area contributed by atoms with Gasteiger partial charge in [-0.2, -0.15) is 0 Å². The average molecular weight is 388 g/mol. The number of aryl methyl sites for hydroxylation is 1. The normalized spacial score (nSPS) is 11.1. The summed E-state index contributed by atoms with van der Waals surface area (Å²) in [5.41, 5.74) is 1.05. The van der Waals surface area contributed by atoms with Crippen LogP contribution in [-0.2, 0) is 10.0 Å². The SMILES string of the molecule is COc1cccc(Nc2ccc(NS(=O)(=O)c3ccc(F)cc3C)nn2)c1. The molecule has 0 saturated carbocycles. The van der Waals surface area contributed by atoms with Crippen LogP contribution in [-0.4, -0.2) is 25.7 Å². The van der Waals surface area contributed by atoms with Gasteiger partial charge in [0.05, 0.1) is 12.0 Å². The fourth-order valence-corrected chi connectivity index (χ4v) is 3.63. The van der Waals surface area contributed by atoms with Gasteiger partial charge < -0.3 is 10.1 Å². The van der Waals surface area contributed by atoms with Gasteiger partial charge in [-0.15, -0.1) is 10.2 Å².